The number of ether oxygens (including phenoxy) is 1. The van der Waals surface area contributed by atoms with E-state index in [9.17, 15) is 9.59 Å². The zero-order chi connectivity index (χ0) is 20.8. The SMILES string of the molecule is CCOC(=O)c1ccccc1Nc1ccc(C(=O)Nc2ccc(C)cc2C)nn1. The Kier molecular flexibility index (Phi) is 6.19. The molecule has 0 aliphatic heterocycles. The summed E-state index contributed by atoms with van der Waals surface area (Å²) in [6.45, 7) is 5.97. The number of carbonyl (C=O) groups is 2. The molecule has 0 fully saturated rings. The first-order valence-corrected chi connectivity index (χ1v) is 9.23. The first-order valence-electron chi connectivity index (χ1n) is 9.23. The van der Waals surface area contributed by atoms with Crippen molar-refractivity contribution < 1.29 is 14.3 Å². The third-order valence-corrected chi connectivity index (χ3v) is 4.21. The Balaban J connectivity index is 1.72. The molecule has 3 rings (SSSR count). The Hall–Kier alpha value is -3.74. The van der Waals surface area contributed by atoms with Crippen LogP contribution in [0.25, 0.3) is 0 Å². The summed E-state index contributed by atoms with van der Waals surface area (Å²) in [6, 6.07) is 15.9. The highest BCUT2D eigenvalue weighted by Crippen LogP contribution is 2.21. The highest BCUT2D eigenvalue weighted by Gasteiger charge is 2.14. The fourth-order valence-corrected chi connectivity index (χ4v) is 2.78. The standard InChI is InChI=1S/C22H22N4O3/c1-4-29-22(28)16-7-5-6-8-18(16)23-20-12-11-19(25-26-20)21(27)24-17-10-9-14(2)13-15(17)3/h5-13H,4H2,1-3H3,(H,23,26)(H,24,27). The van der Waals surface area contributed by atoms with E-state index in [0.29, 0.717) is 17.1 Å². The molecule has 1 amide bonds. The molecule has 3 aromatic rings. The van der Waals surface area contributed by atoms with Crippen LogP contribution in [-0.2, 0) is 4.74 Å². The second-order valence-electron chi connectivity index (χ2n) is 6.47. The van der Waals surface area contributed by atoms with Gasteiger partial charge >= 0.3 is 5.97 Å². The quantitative estimate of drug-likeness (QED) is 0.611. The summed E-state index contributed by atoms with van der Waals surface area (Å²) in [5, 5.41) is 13.9. The van der Waals surface area contributed by atoms with Crippen LogP contribution in [0.2, 0.25) is 0 Å². The number of rotatable bonds is 6. The maximum absolute atomic E-state index is 12.4. The summed E-state index contributed by atoms with van der Waals surface area (Å²) in [4.78, 5) is 24.5. The van der Waals surface area contributed by atoms with Crippen LogP contribution in [0.4, 0.5) is 17.2 Å². The highest BCUT2D eigenvalue weighted by molar-refractivity contribution is 6.03. The fraction of sp³-hybridized carbons (Fsp3) is 0.182. The molecule has 0 saturated heterocycles. The summed E-state index contributed by atoms with van der Waals surface area (Å²) < 4.78 is 5.06. The summed E-state index contributed by atoms with van der Waals surface area (Å²) >= 11 is 0. The fourth-order valence-electron chi connectivity index (χ4n) is 2.78. The molecule has 148 valence electrons. The van der Waals surface area contributed by atoms with Gasteiger partial charge in [-0.15, -0.1) is 10.2 Å². The minimum absolute atomic E-state index is 0.189. The number of carbonyl (C=O) groups excluding carboxylic acids is 2. The van der Waals surface area contributed by atoms with Crippen molar-refractivity contribution in [3.05, 3.63) is 77.0 Å². The van der Waals surface area contributed by atoms with E-state index in [1.54, 1.807) is 43.3 Å². The van der Waals surface area contributed by atoms with Gasteiger partial charge in [-0.3, -0.25) is 4.79 Å². The molecule has 29 heavy (non-hydrogen) atoms. The number of hydrogen-bond donors (Lipinski definition) is 2. The van der Waals surface area contributed by atoms with Gasteiger partial charge in [-0.1, -0.05) is 29.8 Å². The van der Waals surface area contributed by atoms with Gasteiger partial charge in [0.25, 0.3) is 5.91 Å². The molecule has 0 atom stereocenters. The molecule has 0 bridgehead atoms. The Morgan fingerprint density at radius 2 is 1.76 bits per heavy atom. The van der Waals surface area contributed by atoms with Gasteiger partial charge < -0.3 is 15.4 Å². The predicted octanol–water partition coefficient (Wildman–Crippen LogP) is 4.27. The molecule has 7 nitrogen and oxygen atoms in total. The zero-order valence-electron chi connectivity index (χ0n) is 16.5. The molecule has 0 radical (unpaired) electrons. The molecule has 0 saturated carbocycles. The highest BCUT2D eigenvalue weighted by atomic mass is 16.5. The van der Waals surface area contributed by atoms with Crippen LogP contribution in [0.1, 0.15) is 38.9 Å². The second kappa shape index (κ2) is 8.97. The van der Waals surface area contributed by atoms with Gasteiger partial charge in [-0.25, -0.2) is 4.79 Å². The van der Waals surface area contributed by atoms with Crippen molar-refractivity contribution in [2.45, 2.75) is 20.8 Å². The molecule has 2 N–H and O–H groups in total. The first-order chi connectivity index (χ1) is 14.0. The number of esters is 1. The predicted molar refractivity (Wildman–Crippen MR) is 112 cm³/mol. The van der Waals surface area contributed by atoms with Crippen LogP contribution in [0.15, 0.2) is 54.6 Å². The lowest BCUT2D eigenvalue weighted by Crippen LogP contribution is -2.15. The number of aromatic nitrogens is 2. The number of aryl methyl sites for hydroxylation is 2. The molecule has 0 aliphatic rings. The van der Waals surface area contributed by atoms with E-state index in [-0.39, 0.29) is 18.2 Å². The van der Waals surface area contributed by atoms with Crippen LogP contribution in [0.3, 0.4) is 0 Å². The molecule has 0 spiro atoms. The van der Waals surface area contributed by atoms with Crippen molar-refractivity contribution in [2.75, 3.05) is 17.2 Å². The number of nitrogens with zero attached hydrogens (tertiary/aromatic N) is 2. The first kappa shape index (κ1) is 20.0. The van der Waals surface area contributed by atoms with Crippen molar-refractivity contribution in [1.82, 2.24) is 10.2 Å². The van der Waals surface area contributed by atoms with Crippen molar-refractivity contribution >= 4 is 29.1 Å². The average Bonchev–Trinajstić information content (AvgIpc) is 2.71. The minimum Gasteiger partial charge on any atom is -0.462 e. The van der Waals surface area contributed by atoms with Crippen LogP contribution >= 0.6 is 0 Å². The summed E-state index contributed by atoms with van der Waals surface area (Å²) in [6.07, 6.45) is 0. The molecule has 7 heteroatoms. The normalized spacial score (nSPS) is 10.3. The number of anilines is 3. The second-order valence-corrected chi connectivity index (χ2v) is 6.47. The van der Waals surface area contributed by atoms with Crippen LogP contribution in [0.5, 0.6) is 0 Å². The molecular weight excluding hydrogens is 368 g/mol. The van der Waals surface area contributed by atoms with Crippen molar-refractivity contribution in [3.63, 3.8) is 0 Å². The van der Waals surface area contributed by atoms with Gasteiger partial charge in [-0.05, 0) is 56.7 Å². The summed E-state index contributed by atoms with van der Waals surface area (Å²) in [5.41, 5.74) is 3.96. The Bertz CT molecular complexity index is 1030. The smallest absolute Gasteiger partial charge is 0.340 e. The van der Waals surface area contributed by atoms with E-state index in [2.05, 4.69) is 20.8 Å². The molecule has 1 heterocycles. The van der Waals surface area contributed by atoms with Crippen LogP contribution in [0, 0.1) is 13.8 Å². The Morgan fingerprint density at radius 1 is 0.966 bits per heavy atom. The lowest BCUT2D eigenvalue weighted by molar-refractivity contribution is 0.0527. The van der Waals surface area contributed by atoms with Gasteiger partial charge in [0.15, 0.2) is 11.5 Å². The van der Waals surface area contributed by atoms with E-state index < -0.39 is 5.97 Å². The van der Waals surface area contributed by atoms with Crippen molar-refractivity contribution in [3.8, 4) is 0 Å². The number of benzene rings is 2. The van der Waals surface area contributed by atoms with Crippen molar-refractivity contribution in [2.24, 2.45) is 0 Å². The maximum atomic E-state index is 12.4. The number of hydrogen-bond acceptors (Lipinski definition) is 6. The third kappa shape index (κ3) is 4.95. The van der Waals surface area contributed by atoms with Gasteiger partial charge in [0.1, 0.15) is 0 Å². The maximum Gasteiger partial charge on any atom is 0.340 e. The lowest BCUT2D eigenvalue weighted by atomic mass is 10.1. The van der Waals surface area contributed by atoms with Gasteiger partial charge in [0, 0.05) is 5.69 Å². The van der Waals surface area contributed by atoms with Crippen LogP contribution < -0.4 is 10.6 Å². The third-order valence-electron chi connectivity index (χ3n) is 4.21. The molecule has 2 aromatic carbocycles. The summed E-state index contributed by atoms with van der Waals surface area (Å²) in [7, 11) is 0. The van der Waals surface area contributed by atoms with E-state index in [0.717, 1.165) is 16.8 Å². The number of nitrogens with one attached hydrogen (secondary N) is 2. The molecule has 1 aromatic heterocycles. The molecule has 0 unspecified atom stereocenters. The Labute approximate surface area is 169 Å². The van der Waals surface area contributed by atoms with Gasteiger partial charge in [-0.2, -0.15) is 0 Å². The topological polar surface area (TPSA) is 93.2 Å². The van der Waals surface area contributed by atoms with E-state index in [1.807, 2.05) is 32.0 Å². The summed E-state index contributed by atoms with van der Waals surface area (Å²) in [5.74, 6) is -0.360. The van der Waals surface area contributed by atoms with E-state index in [1.165, 1.54) is 0 Å². The van der Waals surface area contributed by atoms with Crippen molar-refractivity contribution in [1.29, 1.82) is 0 Å². The molecule has 0 aliphatic carbocycles. The van der Waals surface area contributed by atoms with Gasteiger partial charge in [0.2, 0.25) is 0 Å². The lowest BCUT2D eigenvalue weighted by Gasteiger charge is -2.11. The zero-order valence-corrected chi connectivity index (χ0v) is 16.5. The minimum atomic E-state index is -0.423. The largest absolute Gasteiger partial charge is 0.462 e. The van der Waals surface area contributed by atoms with E-state index >= 15 is 0 Å². The average molecular weight is 390 g/mol. The number of amides is 1. The van der Waals surface area contributed by atoms with Gasteiger partial charge in [0.05, 0.1) is 17.9 Å². The van der Waals surface area contributed by atoms with Crippen LogP contribution in [-0.4, -0.2) is 28.7 Å². The Morgan fingerprint density at radius 3 is 2.45 bits per heavy atom. The van der Waals surface area contributed by atoms with E-state index in [4.69, 9.17) is 4.74 Å². The monoisotopic (exact) mass is 390 g/mol. The molecular formula is C22H22N4O3. The number of para-hydroxylation sites is 1.